The molecule has 4 aromatic rings. The number of nitriles is 1. The lowest BCUT2D eigenvalue weighted by atomic mass is 10.1. The lowest BCUT2D eigenvalue weighted by Gasteiger charge is -2.13. The number of nitrogens with zero attached hydrogens (tertiary/aromatic N) is 4. The number of rotatable bonds is 3. The molecule has 4 rings (SSSR count). The van der Waals surface area contributed by atoms with Crippen molar-refractivity contribution in [2.24, 2.45) is 0 Å². The van der Waals surface area contributed by atoms with Crippen LogP contribution < -0.4 is 5.56 Å². The van der Waals surface area contributed by atoms with E-state index in [1.807, 2.05) is 12.1 Å². The first-order chi connectivity index (χ1) is 14.1. The summed E-state index contributed by atoms with van der Waals surface area (Å²) in [5.74, 6) is -0.143. The third-order valence-electron chi connectivity index (χ3n) is 4.57. The summed E-state index contributed by atoms with van der Waals surface area (Å²) in [4.78, 5) is 22.0. The van der Waals surface area contributed by atoms with E-state index in [0.29, 0.717) is 33.8 Å². The predicted molar refractivity (Wildman–Crippen MR) is 110 cm³/mol. The SMILES string of the molecule is Cc1ncccc1-n1c(C=Cc2ccccc2C#N)nc2ccc(F)cc2c1=O. The van der Waals surface area contributed by atoms with Crippen LogP contribution in [0.15, 0.2) is 65.6 Å². The van der Waals surface area contributed by atoms with Gasteiger partial charge in [-0.05, 0) is 61.0 Å². The monoisotopic (exact) mass is 382 g/mol. The Morgan fingerprint density at radius 1 is 1.10 bits per heavy atom. The lowest BCUT2D eigenvalue weighted by Crippen LogP contribution is -2.23. The van der Waals surface area contributed by atoms with Crippen LogP contribution in [0.1, 0.15) is 22.6 Å². The van der Waals surface area contributed by atoms with Gasteiger partial charge in [0.25, 0.3) is 5.56 Å². The van der Waals surface area contributed by atoms with Crippen LogP contribution in [-0.4, -0.2) is 14.5 Å². The van der Waals surface area contributed by atoms with Gasteiger partial charge in [0.1, 0.15) is 11.6 Å². The van der Waals surface area contributed by atoms with Gasteiger partial charge in [-0.1, -0.05) is 18.2 Å². The molecule has 0 aliphatic carbocycles. The number of fused-ring (bicyclic) bond motifs is 1. The van der Waals surface area contributed by atoms with E-state index < -0.39 is 5.82 Å². The zero-order valence-corrected chi connectivity index (χ0v) is 15.5. The summed E-state index contributed by atoms with van der Waals surface area (Å²) in [6, 6.07) is 16.7. The number of hydrogen-bond acceptors (Lipinski definition) is 4. The molecule has 2 aromatic heterocycles. The summed E-state index contributed by atoms with van der Waals surface area (Å²) in [6.07, 6.45) is 5.04. The highest BCUT2D eigenvalue weighted by molar-refractivity contribution is 5.80. The van der Waals surface area contributed by atoms with E-state index in [4.69, 9.17) is 0 Å². The quantitative estimate of drug-likeness (QED) is 0.530. The van der Waals surface area contributed by atoms with Gasteiger partial charge in [0, 0.05) is 6.20 Å². The number of hydrogen-bond donors (Lipinski definition) is 0. The zero-order valence-electron chi connectivity index (χ0n) is 15.5. The molecule has 6 heteroatoms. The highest BCUT2D eigenvalue weighted by Crippen LogP contribution is 2.18. The third-order valence-corrected chi connectivity index (χ3v) is 4.57. The van der Waals surface area contributed by atoms with Gasteiger partial charge in [0.05, 0.1) is 33.9 Å². The Morgan fingerprint density at radius 3 is 2.72 bits per heavy atom. The number of aromatic nitrogens is 3. The second kappa shape index (κ2) is 7.49. The summed E-state index contributed by atoms with van der Waals surface area (Å²) >= 11 is 0. The summed E-state index contributed by atoms with van der Waals surface area (Å²) < 4.78 is 15.2. The molecule has 0 unspecified atom stereocenters. The smallest absolute Gasteiger partial charge is 0.266 e. The largest absolute Gasteiger partial charge is 0.268 e. The summed E-state index contributed by atoms with van der Waals surface area (Å²) in [5, 5.41) is 9.48. The Kier molecular flexibility index (Phi) is 4.71. The molecule has 0 fully saturated rings. The average Bonchev–Trinajstić information content (AvgIpc) is 2.74. The van der Waals surface area contributed by atoms with Crippen LogP contribution in [-0.2, 0) is 0 Å². The summed E-state index contributed by atoms with van der Waals surface area (Å²) in [5.41, 5.74) is 2.42. The van der Waals surface area contributed by atoms with Crippen LogP contribution in [0.3, 0.4) is 0 Å². The summed E-state index contributed by atoms with van der Waals surface area (Å²) in [6.45, 7) is 1.79. The van der Waals surface area contributed by atoms with Crippen molar-refractivity contribution in [1.29, 1.82) is 5.26 Å². The molecule has 2 aromatic carbocycles. The molecule has 0 N–H and O–H groups in total. The standard InChI is InChI=1S/C23H15FN4O/c1-15-21(7-4-12-26-15)28-22(11-8-16-5-2-3-6-17(16)14-25)27-20-10-9-18(24)13-19(20)23(28)29/h2-13H,1H3. The van der Waals surface area contributed by atoms with E-state index in [0.717, 1.165) is 0 Å². The minimum absolute atomic E-state index is 0.183. The van der Waals surface area contributed by atoms with Gasteiger partial charge >= 0.3 is 0 Å². The molecule has 29 heavy (non-hydrogen) atoms. The van der Waals surface area contributed by atoms with Crippen molar-refractivity contribution in [3.8, 4) is 11.8 Å². The van der Waals surface area contributed by atoms with E-state index in [9.17, 15) is 14.4 Å². The molecule has 2 heterocycles. The normalized spacial score (nSPS) is 11.1. The first-order valence-electron chi connectivity index (χ1n) is 8.90. The molecule has 0 radical (unpaired) electrons. The van der Waals surface area contributed by atoms with E-state index in [2.05, 4.69) is 16.0 Å². The van der Waals surface area contributed by atoms with Crippen molar-refractivity contribution in [3.63, 3.8) is 0 Å². The van der Waals surface area contributed by atoms with Crippen molar-refractivity contribution in [2.75, 3.05) is 0 Å². The van der Waals surface area contributed by atoms with Crippen LogP contribution in [0.5, 0.6) is 0 Å². The minimum Gasteiger partial charge on any atom is -0.268 e. The van der Waals surface area contributed by atoms with Gasteiger partial charge in [-0.3, -0.25) is 14.3 Å². The topological polar surface area (TPSA) is 71.6 Å². The van der Waals surface area contributed by atoms with Gasteiger partial charge < -0.3 is 0 Å². The third kappa shape index (κ3) is 3.42. The molecule has 0 saturated heterocycles. The van der Waals surface area contributed by atoms with E-state index in [1.165, 1.54) is 22.8 Å². The summed E-state index contributed by atoms with van der Waals surface area (Å²) in [7, 11) is 0. The lowest BCUT2D eigenvalue weighted by molar-refractivity contribution is 0.629. The van der Waals surface area contributed by atoms with Crippen LogP contribution in [0, 0.1) is 24.1 Å². The number of halogens is 1. The highest BCUT2D eigenvalue weighted by atomic mass is 19.1. The molecular weight excluding hydrogens is 367 g/mol. The molecule has 0 amide bonds. The van der Waals surface area contributed by atoms with Crippen LogP contribution in [0.25, 0.3) is 28.7 Å². The predicted octanol–water partition coefficient (Wildman–Crippen LogP) is 4.27. The number of pyridine rings is 1. The fraction of sp³-hybridized carbons (Fsp3) is 0.0435. The fourth-order valence-corrected chi connectivity index (χ4v) is 3.14. The Labute approximate surface area is 166 Å². The van der Waals surface area contributed by atoms with Crippen LogP contribution >= 0.6 is 0 Å². The number of aryl methyl sites for hydroxylation is 1. The van der Waals surface area contributed by atoms with Gasteiger partial charge in [0.15, 0.2) is 0 Å². The first kappa shape index (κ1) is 18.3. The number of benzene rings is 2. The second-order valence-electron chi connectivity index (χ2n) is 6.41. The Bertz CT molecular complexity index is 1370. The van der Waals surface area contributed by atoms with Crippen LogP contribution in [0.4, 0.5) is 4.39 Å². The maximum absolute atomic E-state index is 13.8. The van der Waals surface area contributed by atoms with Gasteiger partial charge in [-0.15, -0.1) is 0 Å². The van der Waals surface area contributed by atoms with E-state index >= 15 is 0 Å². The van der Waals surface area contributed by atoms with Gasteiger partial charge in [0.2, 0.25) is 0 Å². The second-order valence-corrected chi connectivity index (χ2v) is 6.41. The Hall–Kier alpha value is -4.11. The first-order valence-corrected chi connectivity index (χ1v) is 8.90. The molecule has 0 bridgehead atoms. The van der Waals surface area contributed by atoms with Crippen molar-refractivity contribution >= 4 is 23.1 Å². The van der Waals surface area contributed by atoms with Crippen molar-refractivity contribution in [2.45, 2.75) is 6.92 Å². The minimum atomic E-state index is -0.503. The van der Waals surface area contributed by atoms with Crippen molar-refractivity contribution < 1.29 is 4.39 Å². The Balaban J connectivity index is 2.00. The maximum atomic E-state index is 13.8. The van der Waals surface area contributed by atoms with E-state index in [1.54, 1.807) is 49.5 Å². The molecule has 0 saturated carbocycles. The molecule has 0 spiro atoms. The molecular formula is C23H15FN4O. The van der Waals surface area contributed by atoms with Gasteiger partial charge in [-0.2, -0.15) is 5.26 Å². The molecule has 0 aliphatic rings. The van der Waals surface area contributed by atoms with Crippen LogP contribution in [0.2, 0.25) is 0 Å². The Morgan fingerprint density at radius 2 is 1.93 bits per heavy atom. The zero-order chi connectivity index (χ0) is 20.4. The molecule has 0 atom stereocenters. The molecule has 0 aliphatic heterocycles. The fourth-order valence-electron chi connectivity index (χ4n) is 3.14. The molecule has 140 valence electrons. The average molecular weight is 382 g/mol. The highest BCUT2D eigenvalue weighted by Gasteiger charge is 2.14. The van der Waals surface area contributed by atoms with E-state index in [-0.39, 0.29) is 10.9 Å². The molecule has 5 nitrogen and oxygen atoms in total. The van der Waals surface area contributed by atoms with Crippen molar-refractivity contribution in [3.05, 3.63) is 99.6 Å². The van der Waals surface area contributed by atoms with Gasteiger partial charge in [-0.25, -0.2) is 9.37 Å². The van der Waals surface area contributed by atoms with Crippen molar-refractivity contribution in [1.82, 2.24) is 14.5 Å². The maximum Gasteiger partial charge on any atom is 0.266 e.